The van der Waals surface area contributed by atoms with E-state index in [0.717, 1.165) is 17.8 Å². The maximum Gasteiger partial charge on any atom is -0.0357 e. The van der Waals surface area contributed by atoms with Crippen molar-refractivity contribution in [2.24, 2.45) is 17.8 Å². The standard InChI is InChI=1S/C8H16/c1-4-5-8-6(2)7(8)3/h6-8H,4-5H2,1-3H3. The quantitative estimate of drug-likeness (QED) is 0.515. The molecule has 2 atom stereocenters. The highest BCUT2D eigenvalue weighted by molar-refractivity contribution is 4.89. The van der Waals surface area contributed by atoms with E-state index in [1.54, 1.807) is 0 Å². The van der Waals surface area contributed by atoms with E-state index in [0.29, 0.717) is 0 Å². The van der Waals surface area contributed by atoms with E-state index in [1.165, 1.54) is 12.8 Å². The molecule has 0 radical (unpaired) electrons. The van der Waals surface area contributed by atoms with Gasteiger partial charge in [-0.25, -0.2) is 0 Å². The summed E-state index contributed by atoms with van der Waals surface area (Å²) in [5.41, 5.74) is 0. The van der Waals surface area contributed by atoms with Crippen LogP contribution < -0.4 is 0 Å². The number of hydrogen-bond acceptors (Lipinski definition) is 0. The summed E-state index contributed by atoms with van der Waals surface area (Å²) < 4.78 is 0. The van der Waals surface area contributed by atoms with Crippen LogP contribution in [0, 0.1) is 17.8 Å². The van der Waals surface area contributed by atoms with Gasteiger partial charge in [0, 0.05) is 0 Å². The second-order valence-corrected chi connectivity index (χ2v) is 3.17. The van der Waals surface area contributed by atoms with Gasteiger partial charge >= 0.3 is 0 Å². The van der Waals surface area contributed by atoms with Crippen molar-refractivity contribution in [1.82, 2.24) is 0 Å². The van der Waals surface area contributed by atoms with Gasteiger partial charge in [-0.1, -0.05) is 33.6 Å². The van der Waals surface area contributed by atoms with Crippen molar-refractivity contribution >= 4 is 0 Å². The van der Waals surface area contributed by atoms with Gasteiger partial charge in [-0.2, -0.15) is 0 Å². The van der Waals surface area contributed by atoms with Crippen LogP contribution in [0.3, 0.4) is 0 Å². The Kier molecular flexibility index (Phi) is 1.59. The smallest absolute Gasteiger partial charge is 0.0357 e. The molecule has 0 aliphatic heterocycles. The Hall–Kier alpha value is 0. The molecule has 0 N–H and O–H groups in total. The highest BCUT2D eigenvalue weighted by Crippen LogP contribution is 2.48. The fourth-order valence-electron chi connectivity index (χ4n) is 1.62. The van der Waals surface area contributed by atoms with Crippen LogP contribution in [-0.2, 0) is 0 Å². The Morgan fingerprint density at radius 1 is 1.12 bits per heavy atom. The lowest BCUT2D eigenvalue weighted by Gasteiger charge is -1.87. The topological polar surface area (TPSA) is 0 Å². The Bertz CT molecular complexity index is 68.1. The zero-order valence-corrected chi connectivity index (χ0v) is 6.15. The maximum atomic E-state index is 2.37. The normalized spacial score (nSPS) is 44.6. The first-order valence-corrected chi connectivity index (χ1v) is 3.77. The van der Waals surface area contributed by atoms with Gasteiger partial charge < -0.3 is 0 Å². The summed E-state index contributed by atoms with van der Waals surface area (Å²) in [5.74, 6) is 3.16. The van der Waals surface area contributed by atoms with E-state index in [9.17, 15) is 0 Å². The Labute approximate surface area is 52.3 Å². The summed E-state index contributed by atoms with van der Waals surface area (Å²) in [5, 5.41) is 0. The third-order valence-electron chi connectivity index (χ3n) is 2.66. The van der Waals surface area contributed by atoms with Gasteiger partial charge in [-0.05, 0) is 17.8 Å². The lowest BCUT2D eigenvalue weighted by atomic mass is 10.2. The van der Waals surface area contributed by atoms with Crippen molar-refractivity contribution in [3.63, 3.8) is 0 Å². The SMILES string of the molecule is CCCC1C(C)C1C. The van der Waals surface area contributed by atoms with Gasteiger partial charge in [0.1, 0.15) is 0 Å². The van der Waals surface area contributed by atoms with Crippen molar-refractivity contribution in [3.8, 4) is 0 Å². The molecule has 0 aromatic heterocycles. The lowest BCUT2D eigenvalue weighted by molar-refractivity contribution is 0.642. The minimum absolute atomic E-state index is 1.04. The van der Waals surface area contributed by atoms with Crippen molar-refractivity contribution in [3.05, 3.63) is 0 Å². The fourth-order valence-corrected chi connectivity index (χ4v) is 1.62. The van der Waals surface area contributed by atoms with E-state index in [2.05, 4.69) is 20.8 Å². The molecule has 0 heterocycles. The molecule has 1 aliphatic carbocycles. The van der Waals surface area contributed by atoms with Crippen LogP contribution in [-0.4, -0.2) is 0 Å². The van der Waals surface area contributed by atoms with Crippen molar-refractivity contribution < 1.29 is 0 Å². The highest BCUT2D eigenvalue weighted by Gasteiger charge is 2.41. The number of rotatable bonds is 2. The van der Waals surface area contributed by atoms with Crippen LogP contribution >= 0.6 is 0 Å². The molecule has 0 aromatic rings. The lowest BCUT2D eigenvalue weighted by Crippen LogP contribution is -1.75. The van der Waals surface area contributed by atoms with Gasteiger partial charge in [0.25, 0.3) is 0 Å². The minimum atomic E-state index is 1.04. The molecular formula is C8H16. The first kappa shape index (κ1) is 6.12. The molecule has 0 amide bonds. The van der Waals surface area contributed by atoms with Crippen molar-refractivity contribution in [1.29, 1.82) is 0 Å². The molecular weight excluding hydrogens is 96.1 g/mol. The molecule has 1 rings (SSSR count). The van der Waals surface area contributed by atoms with Crippen molar-refractivity contribution in [2.75, 3.05) is 0 Å². The second kappa shape index (κ2) is 2.08. The van der Waals surface area contributed by atoms with E-state index >= 15 is 0 Å². The molecule has 8 heavy (non-hydrogen) atoms. The molecule has 0 bridgehead atoms. The van der Waals surface area contributed by atoms with E-state index in [-0.39, 0.29) is 0 Å². The average molecular weight is 112 g/mol. The zero-order chi connectivity index (χ0) is 6.15. The van der Waals surface area contributed by atoms with Gasteiger partial charge in [-0.3, -0.25) is 0 Å². The zero-order valence-electron chi connectivity index (χ0n) is 6.15. The minimum Gasteiger partial charge on any atom is -0.0654 e. The van der Waals surface area contributed by atoms with Crippen LogP contribution in [0.2, 0.25) is 0 Å². The number of hydrogen-bond donors (Lipinski definition) is 0. The molecule has 0 heteroatoms. The van der Waals surface area contributed by atoms with E-state index in [4.69, 9.17) is 0 Å². The predicted octanol–water partition coefficient (Wildman–Crippen LogP) is 2.69. The molecule has 1 fully saturated rings. The molecule has 1 saturated carbocycles. The Balaban J connectivity index is 2.13. The third-order valence-corrected chi connectivity index (χ3v) is 2.66. The summed E-state index contributed by atoms with van der Waals surface area (Å²) in [4.78, 5) is 0. The molecule has 1 aliphatic rings. The summed E-state index contributed by atoms with van der Waals surface area (Å²) in [6, 6.07) is 0. The first-order chi connectivity index (χ1) is 3.77. The summed E-state index contributed by atoms with van der Waals surface area (Å²) in [7, 11) is 0. The molecule has 48 valence electrons. The first-order valence-electron chi connectivity index (χ1n) is 3.77. The molecule has 0 spiro atoms. The Morgan fingerprint density at radius 2 is 1.62 bits per heavy atom. The summed E-state index contributed by atoms with van der Waals surface area (Å²) in [6.45, 7) is 7.01. The average Bonchev–Trinajstić information content (AvgIpc) is 2.25. The third kappa shape index (κ3) is 0.888. The fraction of sp³-hybridized carbons (Fsp3) is 1.00. The predicted molar refractivity (Wildman–Crippen MR) is 36.7 cm³/mol. The van der Waals surface area contributed by atoms with Crippen LogP contribution in [0.1, 0.15) is 33.6 Å². The maximum absolute atomic E-state index is 2.37. The largest absolute Gasteiger partial charge is 0.0654 e. The van der Waals surface area contributed by atoms with Gasteiger partial charge in [0.15, 0.2) is 0 Å². The molecule has 2 unspecified atom stereocenters. The Morgan fingerprint density at radius 3 is 1.75 bits per heavy atom. The van der Waals surface area contributed by atoms with Gasteiger partial charge in [0.05, 0.1) is 0 Å². The van der Waals surface area contributed by atoms with Crippen LogP contribution in [0.5, 0.6) is 0 Å². The van der Waals surface area contributed by atoms with E-state index < -0.39 is 0 Å². The summed E-state index contributed by atoms with van der Waals surface area (Å²) >= 11 is 0. The van der Waals surface area contributed by atoms with Crippen LogP contribution in [0.25, 0.3) is 0 Å². The van der Waals surface area contributed by atoms with Crippen LogP contribution in [0.4, 0.5) is 0 Å². The summed E-state index contributed by atoms with van der Waals surface area (Å²) in [6.07, 6.45) is 2.84. The van der Waals surface area contributed by atoms with Crippen LogP contribution in [0.15, 0.2) is 0 Å². The van der Waals surface area contributed by atoms with E-state index in [1.807, 2.05) is 0 Å². The molecule has 0 nitrogen and oxygen atoms in total. The molecule has 0 aromatic carbocycles. The van der Waals surface area contributed by atoms with Crippen molar-refractivity contribution in [2.45, 2.75) is 33.6 Å². The molecule has 0 saturated heterocycles. The monoisotopic (exact) mass is 112 g/mol. The van der Waals surface area contributed by atoms with Gasteiger partial charge in [0.2, 0.25) is 0 Å². The second-order valence-electron chi connectivity index (χ2n) is 3.17. The van der Waals surface area contributed by atoms with Gasteiger partial charge in [-0.15, -0.1) is 0 Å². The highest BCUT2D eigenvalue weighted by atomic mass is 14.5.